The van der Waals surface area contributed by atoms with Crippen molar-refractivity contribution in [2.45, 2.75) is 24.5 Å². The summed E-state index contributed by atoms with van der Waals surface area (Å²) in [6, 6.07) is 3.48. The van der Waals surface area contributed by atoms with Crippen molar-refractivity contribution in [1.29, 1.82) is 0 Å². The van der Waals surface area contributed by atoms with Crippen LogP contribution in [0.15, 0.2) is 18.2 Å². The van der Waals surface area contributed by atoms with Crippen LogP contribution in [0.5, 0.6) is 11.5 Å². The summed E-state index contributed by atoms with van der Waals surface area (Å²) >= 11 is 0. The molecule has 1 aromatic carbocycles. The van der Waals surface area contributed by atoms with Gasteiger partial charge in [0.25, 0.3) is 0 Å². The van der Waals surface area contributed by atoms with Gasteiger partial charge in [-0.05, 0) is 24.1 Å². The molecule has 1 fully saturated rings. The van der Waals surface area contributed by atoms with Gasteiger partial charge in [0.15, 0.2) is 11.5 Å². The standard InChI is InChI=1S/C14H20N2O5/c15-10(5-9-1-2-11(17)12(18)6-9)13(19)16-7-14(20)3-4-21-8-14/h1-2,6,10,17-18,20H,3-5,7-8,15H2,(H,16,19)/t10-,14?/m0/s1. The molecule has 1 unspecified atom stereocenters. The highest BCUT2D eigenvalue weighted by Crippen LogP contribution is 2.25. The Balaban J connectivity index is 1.85. The molecular weight excluding hydrogens is 276 g/mol. The fraction of sp³-hybridized carbons (Fsp3) is 0.500. The smallest absolute Gasteiger partial charge is 0.237 e. The molecule has 7 nitrogen and oxygen atoms in total. The Morgan fingerprint density at radius 1 is 1.43 bits per heavy atom. The molecule has 0 spiro atoms. The average molecular weight is 296 g/mol. The Labute approximate surface area is 122 Å². The van der Waals surface area contributed by atoms with E-state index in [0.717, 1.165) is 0 Å². The first-order valence-corrected chi connectivity index (χ1v) is 6.74. The average Bonchev–Trinajstić information content (AvgIpc) is 2.87. The van der Waals surface area contributed by atoms with E-state index >= 15 is 0 Å². The summed E-state index contributed by atoms with van der Waals surface area (Å²) in [6.45, 7) is 0.778. The lowest BCUT2D eigenvalue weighted by molar-refractivity contribution is -0.123. The van der Waals surface area contributed by atoms with Crippen LogP contribution in [0.3, 0.4) is 0 Å². The number of hydrogen-bond donors (Lipinski definition) is 5. The molecule has 1 saturated heterocycles. The third-order valence-electron chi connectivity index (χ3n) is 3.51. The number of amides is 1. The van der Waals surface area contributed by atoms with Gasteiger partial charge in [-0.15, -0.1) is 0 Å². The third kappa shape index (κ3) is 4.07. The molecule has 1 heterocycles. The van der Waals surface area contributed by atoms with Crippen LogP contribution in [0.4, 0.5) is 0 Å². The molecule has 116 valence electrons. The molecular formula is C14H20N2O5. The van der Waals surface area contributed by atoms with Crippen molar-refractivity contribution in [3.05, 3.63) is 23.8 Å². The fourth-order valence-electron chi connectivity index (χ4n) is 2.16. The molecule has 0 saturated carbocycles. The van der Waals surface area contributed by atoms with Crippen LogP contribution in [0.1, 0.15) is 12.0 Å². The lowest BCUT2D eigenvalue weighted by Crippen LogP contribution is -2.49. The van der Waals surface area contributed by atoms with E-state index in [4.69, 9.17) is 10.5 Å². The maximum absolute atomic E-state index is 11.9. The predicted octanol–water partition coefficient (Wildman–Crippen LogP) is -0.765. The summed E-state index contributed by atoms with van der Waals surface area (Å²) in [6.07, 6.45) is 0.697. The third-order valence-corrected chi connectivity index (χ3v) is 3.51. The minimum Gasteiger partial charge on any atom is -0.504 e. The normalized spacial score (nSPS) is 23.0. The second-order valence-corrected chi connectivity index (χ2v) is 5.38. The van der Waals surface area contributed by atoms with Crippen molar-refractivity contribution in [2.24, 2.45) is 5.73 Å². The van der Waals surface area contributed by atoms with Crippen molar-refractivity contribution in [3.8, 4) is 11.5 Å². The molecule has 0 bridgehead atoms. The van der Waals surface area contributed by atoms with E-state index in [-0.39, 0.29) is 37.0 Å². The van der Waals surface area contributed by atoms with Gasteiger partial charge in [-0.25, -0.2) is 0 Å². The molecule has 2 rings (SSSR count). The highest BCUT2D eigenvalue weighted by molar-refractivity contribution is 5.81. The van der Waals surface area contributed by atoms with E-state index in [1.165, 1.54) is 12.1 Å². The zero-order valence-electron chi connectivity index (χ0n) is 11.6. The number of hydrogen-bond acceptors (Lipinski definition) is 6. The number of aromatic hydroxyl groups is 2. The lowest BCUT2D eigenvalue weighted by atomic mass is 10.0. The number of ether oxygens (including phenoxy) is 1. The Bertz CT molecular complexity index is 514. The number of carbonyl (C=O) groups is 1. The SMILES string of the molecule is N[C@@H](Cc1ccc(O)c(O)c1)C(=O)NCC1(O)CCOC1. The van der Waals surface area contributed by atoms with Gasteiger partial charge in [-0.3, -0.25) is 4.79 Å². The second kappa shape index (κ2) is 6.30. The first kappa shape index (κ1) is 15.6. The van der Waals surface area contributed by atoms with Crippen LogP contribution in [0.2, 0.25) is 0 Å². The summed E-state index contributed by atoms with van der Waals surface area (Å²) in [7, 11) is 0. The molecule has 6 N–H and O–H groups in total. The van der Waals surface area contributed by atoms with E-state index in [1.807, 2.05) is 0 Å². The Kier molecular flexibility index (Phi) is 4.66. The van der Waals surface area contributed by atoms with E-state index in [9.17, 15) is 20.1 Å². The predicted molar refractivity (Wildman–Crippen MR) is 74.8 cm³/mol. The maximum Gasteiger partial charge on any atom is 0.237 e. The van der Waals surface area contributed by atoms with Crippen LogP contribution in [-0.2, 0) is 16.0 Å². The van der Waals surface area contributed by atoms with Crippen LogP contribution < -0.4 is 11.1 Å². The number of carbonyl (C=O) groups excluding carboxylic acids is 1. The molecule has 0 aromatic heterocycles. The number of aliphatic hydroxyl groups is 1. The monoisotopic (exact) mass is 296 g/mol. The quantitative estimate of drug-likeness (QED) is 0.455. The number of benzene rings is 1. The van der Waals surface area contributed by atoms with Gasteiger partial charge in [0.1, 0.15) is 5.60 Å². The van der Waals surface area contributed by atoms with Gasteiger partial charge >= 0.3 is 0 Å². The number of nitrogens with two attached hydrogens (primary N) is 1. The lowest BCUT2D eigenvalue weighted by Gasteiger charge is -2.22. The summed E-state index contributed by atoms with van der Waals surface area (Å²) in [5.74, 6) is -0.861. The zero-order chi connectivity index (χ0) is 15.5. The van der Waals surface area contributed by atoms with Gasteiger partial charge in [0.05, 0.1) is 12.6 Å². The van der Waals surface area contributed by atoms with Crippen LogP contribution in [-0.4, -0.2) is 52.6 Å². The topological polar surface area (TPSA) is 125 Å². The minimum atomic E-state index is -1.02. The largest absolute Gasteiger partial charge is 0.504 e. The summed E-state index contributed by atoms with van der Waals surface area (Å²) in [4.78, 5) is 11.9. The van der Waals surface area contributed by atoms with E-state index in [0.29, 0.717) is 18.6 Å². The Morgan fingerprint density at radius 3 is 2.81 bits per heavy atom. The summed E-state index contributed by atoms with van der Waals surface area (Å²) in [5, 5.41) is 31.3. The molecule has 7 heteroatoms. The van der Waals surface area contributed by atoms with Crippen molar-refractivity contribution in [3.63, 3.8) is 0 Å². The van der Waals surface area contributed by atoms with Crippen LogP contribution in [0, 0.1) is 0 Å². The zero-order valence-corrected chi connectivity index (χ0v) is 11.6. The molecule has 0 radical (unpaired) electrons. The number of phenols is 2. The van der Waals surface area contributed by atoms with E-state index < -0.39 is 11.6 Å². The fourth-order valence-corrected chi connectivity index (χ4v) is 2.16. The van der Waals surface area contributed by atoms with E-state index in [1.54, 1.807) is 6.07 Å². The molecule has 0 aliphatic carbocycles. The first-order valence-electron chi connectivity index (χ1n) is 6.74. The number of nitrogens with one attached hydrogen (secondary N) is 1. The minimum absolute atomic E-state index is 0.0976. The number of phenolic OH excluding ortho intramolecular Hbond substituents is 2. The van der Waals surface area contributed by atoms with Gasteiger partial charge < -0.3 is 31.1 Å². The van der Waals surface area contributed by atoms with Gasteiger partial charge in [-0.2, -0.15) is 0 Å². The summed E-state index contributed by atoms with van der Waals surface area (Å²) < 4.78 is 5.09. The highest BCUT2D eigenvalue weighted by Gasteiger charge is 2.33. The van der Waals surface area contributed by atoms with Gasteiger partial charge in [0.2, 0.25) is 5.91 Å². The summed E-state index contributed by atoms with van der Waals surface area (Å²) in [5.41, 5.74) is 5.41. The molecule has 21 heavy (non-hydrogen) atoms. The van der Waals surface area contributed by atoms with Gasteiger partial charge in [-0.1, -0.05) is 6.07 Å². The van der Waals surface area contributed by atoms with Crippen molar-refractivity contribution >= 4 is 5.91 Å². The van der Waals surface area contributed by atoms with Crippen molar-refractivity contribution in [1.82, 2.24) is 5.32 Å². The van der Waals surface area contributed by atoms with Crippen LogP contribution in [0.25, 0.3) is 0 Å². The van der Waals surface area contributed by atoms with Gasteiger partial charge in [0, 0.05) is 19.6 Å². The Hall–Kier alpha value is -1.83. The molecule has 1 amide bonds. The Morgan fingerprint density at radius 2 is 2.19 bits per heavy atom. The molecule has 1 aliphatic rings. The number of rotatable bonds is 5. The first-order chi connectivity index (χ1) is 9.89. The van der Waals surface area contributed by atoms with E-state index in [2.05, 4.69) is 5.32 Å². The maximum atomic E-state index is 11.9. The van der Waals surface area contributed by atoms with Crippen molar-refractivity contribution in [2.75, 3.05) is 19.8 Å². The highest BCUT2D eigenvalue weighted by atomic mass is 16.5. The molecule has 1 aliphatic heterocycles. The second-order valence-electron chi connectivity index (χ2n) is 5.38. The van der Waals surface area contributed by atoms with Crippen LogP contribution >= 0.6 is 0 Å². The van der Waals surface area contributed by atoms with Crippen molar-refractivity contribution < 1.29 is 24.9 Å². The molecule has 1 aromatic rings. The molecule has 2 atom stereocenters.